The molecule has 1 aliphatic carbocycles. The molecule has 2 N–H and O–H groups in total. The summed E-state index contributed by atoms with van der Waals surface area (Å²) in [7, 11) is -1.76. The number of nitrogens with one attached hydrogen (secondary N) is 2. The van der Waals surface area contributed by atoms with Gasteiger partial charge in [-0.3, -0.25) is 5.32 Å². The van der Waals surface area contributed by atoms with Crippen LogP contribution >= 0.6 is 0 Å². The number of hydrogen-bond acceptors (Lipinski definition) is 5. The molecule has 2 atom stereocenters. The molecule has 1 aliphatic rings. The summed E-state index contributed by atoms with van der Waals surface area (Å²) in [4.78, 5) is 11.2. The van der Waals surface area contributed by atoms with E-state index < -0.39 is 15.9 Å². The molecule has 2 rings (SSSR count). The first kappa shape index (κ1) is 15.6. The molecule has 0 bridgehead atoms. The molecule has 7 heteroatoms. The van der Waals surface area contributed by atoms with Gasteiger partial charge >= 0.3 is 6.09 Å². The summed E-state index contributed by atoms with van der Waals surface area (Å²) in [5.41, 5.74) is 1.38. The molecule has 0 aromatic heterocycles. The number of anilines is 2. The molecule has 1 amide bonds. The number of benzene rings is 1. The average Bonchev–Trinajstić information content (AvgIpc) is 2.87. The second-order valence-electron chi connectivity index (χ2n) is 5.25. The fourth-order valence-electron chi connectivity index (χ4n) is 2.67. The molecular formula is C14H20N2O4S. The first-order valence-electron chi connectivity index (χ1n) is 6.80. The van der Waals surface area contributed by atoms with Crippen molar-refractivity contribution in [2.75, 3.05) is 24.0 Å². The Balaban J connectivity index is 2.09. The van der Waals surface area contributed by atoms with Gasteiger partial charge in [0, 0.05) is 23.7 Å². The van der Waals surface area contributed by atoms with Gasteiger partial charge < -0.3 is 10.1 Å². The van der Waals surface area contributed by atoms with Gasteiger partial charge in [-0.15, -0.1) is 0 Å². The van der Waals surface area contributed by atoms with Crippen molar-refractivity contribution in [3.05, 3.63) is 24.3 Å². The molecule has 1 aromatic rings. The molecule has 0 heterocycles. The van der Waals surface area contributed by atoms with Crippen LogP contribution in [0.15, 0.2) is 24.3 Å². The minimum Gasteiger partial charge on any atom is -0.453 e. The number of rotatable bonds is 4. The highest BCUT2D eigenvalue weighted by Gasteiger charge is 2.34. The number of sulfone groups is 1. The van der Waals surface area contributed by atoms with Gasteiger partial charge in [0.2, 0.25) is 0 Å². The first-order chi connectivity index (χ1) is 9.90. The molecule has 1 aromatic carbocycles. The Hall–Kier alpha value is -1.76. The monoisotopic (exact) mass is 312 g/mol. The maximum atomic E-state index is 11.8. The van der Waals surface area contributed by atoms with Gasteiger partial charge in [-0.1, -0.05) is 6.07 Å². The van der Waals surface area contributed by atoms with E-state index in [-0.39, 0.29) is 11.3 Å². The van der Waals surface area contributed by atoms with E-state index in [1.165, 1.54) is 13.4 Å². The van der Waals surface area contributed by atoms with Crippen molar-refractivity contribution in [3.8, 4) is 0 Å². The molecule has 1 fully saturated rings. The Morgan fingerprint density at radius 3 is 2.67 bits per heavy atom. The fraction of sp³-hybridized carbons (Fsp3) is 0.500. The lowest BCUT2D eigenvalue weighted by Crippen LogP contribution is -2.34. The van der Waals surface area contributed by atoms with Crippen LogP contribution in [0.3, 0.4) is 0 Å². The Morgan fingerprint density at radius 2 is 2.00 bits per heavy atom. The molecule has 0 radical (unpaired) electrons. The smallest absolute Gasteiger partial charge is 0.411 e. The van der Waals surface area contributed by atoms with E-state index in [1.54, 1.807) is 18.2 Å². The normalized spacial score (nSPS) is 21.8. The Labute approximate surface area is 124 Å². The molecule has 116 valence electrons. The van der Waals surface area contributed by atoms with E-state index in [9.17, 15) is 13.2 Å². The number of carbonyl (C=O) groups is 1. The molecule has 1 saturated carbocycles. The summed E-state index contributed by atoms with van der Waals surface area (Å²) in [6, 6.07) is 7.05. The van der Waals surface area contributed by atoms with Crippen LogP contribution in [0.4, 0.5) is 16.2 Å². The van der Waals surface area contributed by atoms with E-state index in [1.807, 2.05) is 6.07 Å². The Kier molecular flexibility index (Phi) is 4.72. The number of carbonyl (C=O) groups excluding carboxylic acids is 1. The Morgan fingerprint density at radius 1 is 1.29 bits per heavy atom. The van der Waals surface area contributed by atoms with E-state index >= 15 is 0 Å². The molecule has 0 saturated heterocycles. The van der Waals surface area contributed by atoms with Crippen molar-refractivity contribution in [3.63, 3.8) is 0 Å². The molecule has 21 heavy (non-hydrogen) atoms. The van der Waals surface area contributed by atoms with Gasteiger partial charge in [0.1, 0.15) is 0 Å². The van der Waals surface area contributed by atoms with Crippen molar-refractivity contribution in [1.29, 1.82) is 0 Å². The van der Waals surface area contributed by atoms with Crippen LogP contribution in [-0.2, 0) is 14.6 Å². The zero-order valence-corrected chi connectivity index (χ0v) is 12.9. The molecule has 0 spiro atoms. The highest BCUT2D eigenvalue weighted by atomic mass is 32.2. The lowest BCUT2D eigenvalue weighted by molar-refractivity contribution is 0.187. The highest BCUT2D eigenvalue weighted by molar-refractivity contribution is 7.91. The second-order valence-corrected chi connectivity index (χ2v) is 7.51. The quantitative estimate of drug-likeness (QED) is 0.890. The predicted octanol–water partition coefficient (Wildman–Crippen LogP) is 2.24. The standard InChI is InChI=1S/C14H20N2O4S/c1-20-14(17)16-11-6-3-5-10(9-11)15-12-7-4-8-13(12)21(2,18)19/h3,5-6,9,12-13,15H,4,7-8H2,1-2H3,(H,16,17). The maximum absolute atomic E-state index is 11.8. The second kappa shape index (κ2) is 6.34. The Bertz CT molecular complexity index is 615. The zero-order valence-electron chi connectivity index (χ0n) is 12.1. The predicted molar refractivity (Wildman–Crippen MR) is 82.4 cm³/mol. The maximum Gasteiger partial charge on any atom is 0.411 e. The van der Waals surface area contributed by atoms with Gasteiger partial charge in [0.05, 0.1) is 12.4 Å². The van der Waals surface area contributed by atoms with E-state index in [0.717, 1.165) is 18.5 Å². The minimum atomic E-state index is -3.06. The van der Waals surface area contributed by atoms with Gasteiger partial charge in [0.15, 0.2) is 9.84 Å². The lowest BCUT2D eigenvalue weighted by Gasteiger charge is -2.21. The fourth-order valence-corrected chi connectivity index (χ4v) is 4.07. The molecule has 2 unspecified atom stereocenters. The number of ether oxygens (including phenoxy) is 1. The van der Waals surface area contributed by atoms with Crippen molar-refractivity contribution < 1.29 is 17.9 Å². The van der Waals surface area contributed by atoms with E-state index in [2.05, 4.69) is 15.4 Å². The van der Waals surface area contributed by atoms with Gasteiger partial charge in [0.25, 0.3) is 0 Å². The van der Waals surface area contributed by atoms with Crippen LogP contribution < -0.4 is 10.6 Å². The summed E-state index contributed by atoms with van der Waals surface area (Å²) >= 11 is 0. The summed E-state index contributed by atoms with van der Waals surface area (Å²) < 4.78 is 28.1. The van der Waals surface area contributed by atoms with Crippen molar-refractivity contribution >= 4 is 27.3 Å². The van der Waals surface area contributed by atoms with Crippen LogP contribution in [-0.4, -0.2) is 39.2 Å². The van der Waals surface area contributed by atoms with Crippen LogP contribution in [0, 0.1) is 0 Å². The number of amides is 1. The van der Waals surface area contributed by atoms with Crippen LogP contribution in [0.2, 0.25) is 0 Å². The van der Waals surface area contributed by atoms with Crippen molar-refractivity contribution in [2.24, 2.45) is 0 Å². The zero-order chi connectivity index (χ0) is 15.5. The number of methoxy groups -OCH3 is 1. The molecular weight excluding hydrogens is 292 g/mol. The average molecular weight is 312 g/mol. The molecule has 6 nitrogen and oxygen atoms in total. The summed E-state index contributed by atoms with van der Waals surface area (Å²) in [6.45, 7) is 0. The van der Waals surface area contributed by atoms with Crippen molar-refractivity contribution in [1.82, 2.24) is 0 Å². The third kappa shape index (κ3) is 4.10. The van der Waals surface area contributed by atoms with Gasteiger partial charge in [-0.2, -0.15) is 0 Å². The molecule has 0 aliphatic heterocycles. The van der Waals surface area contributed by atoms with E-state index in [4.69, 9.17) is 0 Å². The SMILES string of the molecule is COC(=O)Nc1cccc(NC2CCCC2S(C)(=O)=O)c1. The highest BCUT2D eigenvalue weighted by Crippen LogP contribution is 2.28. The van der Waals surface area contributed by atoms with Crippen LogP contribution in [0.1, 0.15) is 19.3 Å². The summed E-state index contributed by atoms with van der Waals surface area (Å²) in [6.07, 6.45) is 3.16. The minimum absolute atomic E-state index is 0.0895. The summed E-state index contributed by atoms with van der Waals surface area (Å²) in [5, 5.41) is 5.48. The van der Waals surface area contributed by atoms with Crippen LogP contribution in [0.5, 0.6) is 0 Å². The largest absolute Gasteiger partial charge is 0.453 e. The van der Waals surface area contributed by atoms with Gasteiger partial charge in [-0.25, -0.2) is 13.2 Å². The van der Waals surface area contributed by atoms with E-state index in [0.29, 0.717) is 12.1 Å². The first-order valence-corrected chi connectivity index (χ1v) is 8.76. The van der Waals surface area contributed by atoms with Gasteiger partial charge in [-0.05, 0) is 37.5 Å². The van der Waals surface area contributed by atoms with Crippen LogP contribution in [0.25, 0.3) is 0 Å². The number of hydrogen-bond donors (Lipinski definition) is 2. The third-order valence-electron chi connectivity index (χ3n) is 3.65. The lowest BCUT2D eigenvalue weighted by atomic mass is 10.2. The topological polar surface area (TPSA) is 84.5 Å². The summed E-state index contributed by atoms with van der Waals surface area (Å²) in [5.74, 6) is 0. The third-order valence-corrected chi connectivity index (χ3v) is 5.31. The van der Waals surface area contributed by atoms with Crippen molar-refractivity contribution in [2.45, 2.75) is 30.6 Å².